The minimum absolute atomic E-state index is 0.0772. The predicted octanol–water partition coefficient (Wildman–Crippen LogP) is 1.57. The topological polar surface area (TPSA) is 56.6 Å². The van der Waals surface area contributed by atoms with Crippen molar-refractivity contribution in [2.75, 3.05) is 18.1 Å². The third kappa shape index (κ3) is 3.77. The van der Waals surface area contributed by atoms with E-state index in [0.29, 0.717) is 12.2 Å². The summed E-state index contributed by atoms with van der Waals surface area (Å²) in [5, 5.41) is 18.3. The summed E-state index contributed by atoms with van der Waals surface area (Å²) >= 11 is 0. The van der Waals surface area contributed by atoms with Gasteiger partial charge in [-0.3, -0.25) is 4.98 Å². The van der Waals surface area contributed by atoms with Crippen molar-refractivity contribution in [3.05, 3.63) is 59.9 Å². The first-order valence-electron chi connectivity index (χ1n) is 6.29. The Hall–Kier alpha value is -1.91. The second-order valence-electron chi connectivity index (χ2n) is 4.29. The fraction of sp³-hybridized carbons (Fsp3) is 0.267. The lowest BCUT2D eigenvalue weighted by molar-refractivity contribution is 0.277. The first-order valence-corrected chi connectivity index (χ1v) is 6.29. The molecule has 2 rings (SSSR count). The van der Waals surface area contributed by atoms with Crippen molar-refractivity contribution in [1.29, 1.82) is 0 Å². The number of pyridine rings is 1. The van der Waals surface area contributed by atoms with Crippen LogP contribution in [0.5, 0.6) is 0 Å². The number of hydrogen-bond acceptors (Lipinski definition) is 4. The van der Waals surface area contributed by atoms with Gasteiger partial charge in [0.2, 0.25) is 0 Å². The van der Waals surface area contributed by atoms with Crippen molar-refractivity contribution in [3.63, 3.8) is 0 Å². The van der Waals surface area contributed by atoms with Gasteiger partial charge in [-0.15, -0.1) is 0 Å². The molecule has 4 heteroatoms. The molecule has 0 aliphatic heterocycles. The first-order chi connectivity index (χ1) is 9.33. The smallest absolute Gasteiger partial charge is 0.0853 e. The molecule has 1 aromatic carbocycles. The fourth-order valence-corrected chi connectivity index (χ4v) is 1.97. The molecule has 4 nitrogen and oxygen atoms in total. The third-order valence-corrected chi connectivity index (χ3v) is 2.91. The summed E-state index contributed by atoms with van der Waals surface area (Å²) in [6, 6.07) is 13.8. The molecule has 100 valence electrons. The van der Waals surface area contributed by atoms with E-state index in [-0.39, 0.29) is 13.2 Å². The lowest BCUT2D eigenvalue weighted by Crippen LogP contribution is -2.26. The minimum Gasteiger partial charge on any atom is -0.395 e. The Morgan fingerprint density at radius 3 is 2.53 bits per heavy atom. The zero-order valence-corrected chi connectivity index (χ0v) is 10.7. The Balaban J connectivity index is 2.19. The molecule has 0 atom stereocenters. The highest BCUT2D eigenvalue weighted by atomic mass is 16.3. The van der Waals surface area contributed by atoms with Gasteiger partial charge >= 0.3 is 0 Å². The van der Waals surface area contributed by atoms with Crippen LogP contribution in [0.25, 0.3) is 0 Å². The maximum absolute atomic E-state index is 9.20. The zero-order valence-electron chi connectivity index (χ0n) is 10.7. The van der Waals surface area contributed by atoms with Gasteiger partial charge in [-0.25, -0.2) is 0 Å². The molecule has 0 saturated carbocycles. The normalized spacial score (nSPS) is 10.4. The van der Waals surface area contributed by atoms with Gasteiger partial charge in [0.15, 0.2) is 0 Å². The van der Waals surface area contributed by atoms with Gasteiger partial charge in [0.25, 0.3) is 0 Å². The Bertz CT molecular complexity index is 503. The molecule has 1 heterocycles. The number of aliphatic hydroxyl groups excluding tert-OH is 2. The van der Waals surface area contributed by atoms with Crippen molar-refractivity contribution >= 4 is 5.69 Å². The number of anilines is 1. The molecular formula is C15H18N2O2. The van der Waals surface area contributed by atoms with Gasteiger partial charge in [0, 0.05) is 25.0 Å². The van der Waals surface area contributed by atoms with Gasteiger partial charge in [0.1, 0.15) is 0 Å². The van der Waals surface area contributed by atoms with Crippen LogP contribution < -0.4 is 4.90 Å². The maximum Gasteiger partial charge on any atom is 0.0853 e. The quantitative estimate of drug-likeness (QED) is 0.826. The van der Waals surface area contributed by atoms with Crippen LogP contribution in [0, 0.1) is 0 Å². The van der Waals surface area contributed by atoms with Gasteiger partial charge in [-0.05, 0) is 17.7 Å². The monoisotopic (exact) mass is 258 g/mol. The van der Waals surface area contributed by atoms with Crippen LogP contribution in [0.15, 0.2) is 48.7 Å². The van der Waals surface area contributed by atoms with Crippen LogP contribution in [0.2, 0.25) is 0 Å². The first kappa shape index (κ1) is 13.5. The van der Waals surface area contributed by atoms with Crippen LogP contribution in [0.4, 0.5) is 5.69 Å². The van der Waals surface area contributed by atoms with E-state index in [0.717, 1.165) is 12.2 Å². The average molecular weight is 258 g/mol. The van der Waals surface area contributed by atoms with Gasteiger partial charge in [-0.2, -0.15) is 0 Å². The number of rotatable bonds is 6. The largest absolute Gasteiger partial charge is 0.395 e. The second-order valence-corrected chi connectivity index (χ2v) is 4.29. The average Bonchev–Trinajstić information content (AvgIpc) is 2.48. The van der Waals surface area contributed by atoms with Crippen LogP contribution in [0.3, 0.4) is 0 Å². The molecule has 0 saturated heterocycles. The summed E-state index contributed by atoms with van der Waals surface area (Å²) < 4.78 is 0. The molecule has 0 unspecified atom stereocenters. The van der Waals surface area contributed by atoms with Gasteiger partial charge in [-0.1, -0.05) is 30.3 Å². The molecule has 2 aromatic rings. The number of aromatic nitrogens is 1. The second kappa shape index (κ2) is 6.87. The van der Waals surface area contributed by atoms with E-state index in [4.69, 9.17) is 5.11 Å². The molecule has 0 aliphatic carbocycles. The zero-order chi connectivity index (χ0) is 13.5. The Labute approximate surface area is 113 Å². The van der Waals surface area contributed by atoms with Crippen LogP contribution >= 0.6 is 0 Å². The van der Waals surface area contributed by atoms with Gasteiger partial charge in [0.05, 0.1) is 18.9 Å². The van der Waals surface area contributed by atoms with Crippen molar-refractivity contribution < 1.29 is 10.2 Å². The standard InChI is InChI=1S/C15H18N2O2/c18-9-8-17(11-13-4-2-1-3-5-13)15-6-7-16-14(10-15)12-19/h1-7,10,18-19H,8-9,11-12H2. The number of aliphatic hydroxyl groups is 2. The predicted molar refractivity (Wildman–Crippen MR) is 74.7 cm³/mol. The lowest BCUT2D eigenvalue weighted by atomic mass is 10.2. The molecule has 0 amide bonds. The lowest BCUT2D eigenvalue weighted by Gasteiger charge is -2.24. The Morgan fingerprint density at radius 2 is 1.84 bits per heavy atom. The van der Waals surface area contributed by atoms with Crippen molar-refractivity contribution in [1.82, 2.24) is 4.98 Å². The molecule has 0 radical (unpaired) electrons. The van der Waals surface area contributed by atoms with E-state index in [2.05, 4.69) is 22.0 Å². The van der Waals surface area contributed by atoms with Gasteiger partial charge < -0.3 is 15.1 Å². The summed E-state index contributed by atoms with van der Waals surface area (Å²) in [6.45, 7) is 1.27. The highest BCUT2D eigenvalue weighted by molar-refractivity contribution is 5.47. The highest BCUT2D eigenvalue weighted by Gasteiger charge is 2.07. The van der Waals surface area contributed by atoms with Crippen molar-refractivity contribution in [2.24, 2.45) is 0 Å². The summed E-state index contributed by atoms with van der Waals surface area (Å²) in [7, 11) is 0. The molecule has 0 aliphatic rings. The Morgan fingerprint density at radius 1 is 1.05 bits per heavy atom. The molecule has 0 fully saturated rings. The Kier molecular flexibility index (Phi) is 4.89. The number of benzene rings is 1. The minimum atomic E-state index is -0.0772. The highest BCUT2D eigenvalue weighted by Crippen LogP contribution is 2.17. The van der Waals surface area contributed by atoms with E-state index in [1.54, 1.807) is 6.20 Å². The summed E-state index contributed by atoms with van der Waals surface area (Å²) in [6.07, 6.45) is 1.68. The molecule has 2 N–H and O–H groups in total. The summed E-state index contributed by atoms with van der Waals surface area (Å²) in [5.41, 5.74) is 2.77. The van der Waals surface area contributed by atoms with E-state index in [9.17, 15) is 5.11 Å². The SMILES string of the molecule is OCCN(Cc1ccccc1)c1ccnc(CO)c1. The van der Waals surface area contributed by atoms with Crippen LogP contribution in [-0.4, -0.2) is 28.3 Å². The molecular weight excluding hydrogens is 240 g/mol. The fourth-order valence-electron chi connectivity index (χ4n) is 1.97. The van der Waals surface area contributed by atoms with E-state index in [1.165, 1.54) is 5.56 Å². The third-order valence-electron chi connectivity index (χ3n) is 2.91. The molecule has 0 spiro atoms. The van der Waals surface area contributed by atoms with Crippen molar-refractivity contribution in [2.45, 2.75) is 13.2 Å². The number of nitrogens with zero attached hydrogens (tertiary/aromatic N) is 2. The van der Waals surface area contributed by atoms with E-state index < -0.39 is 0 Å². The maximum atomic E-state index is 9.20. The summed E-state index contributed by atoms with van der Waals surface area (Å²) in [4.78, 5) is 6.13. The molecule has 19 heavy (non-hydrogen) atoms. The van der Waals surface area contributed by atoms with Crippen LogP contribution in [-0.2, 0) is 13.2 Å². The van der Waals surface area contributed by atoms with Crippen molar-refractivity contribution in [3.8, 4) is 0 Å². The van der Waals surface area contributed by atoms with Crippen LogP contribution in [0.1, 0.15) is 11.3 Å². The molecule has 1 aromatic heterocycles. The summed E-state index contributed by atoms with van der Waals surface area (Å²) in [5.74, 6) is 0. The number of hydrogen-bond donors (Lipinski definition) is 2. The van der Waals surface area contributed by atoms with E-state index in [1.807, 2.05) is 30.3 Å². The van der Waals surface area contributed by atoms with E-state index >= 15 is 0 Å². The molecule has 0 bridgehead atoms.